The van der Waals surface area contributed by atoms with E-state index in [1.165, 1.54) is 0 Å². The Hall–Kier alpha value is -1.55. The molecule has 0 aromatic carbocycles. The molecule has 1 spiro atoms. The van der Waals surface area contributed by atoms with Crippen molar-refractivity contribution in [3.63, 3.8) is 0 Å². The maximum Gasteiger partial charge on any atom is 0.335 e. The van der Waals surface area contributed by atoms with Crippen LogP contribution in [0.25, 0.3) is 0 Å². The van der Waals surface area contributed by atoms with Crippen molar-refractivity contribution in [3.05, 3.63) is 0 Å². The highest BCUT2D eigenvalue weighted by atomic mass is 16.7. The Morgan fingerprint density at radius 1 is 0.943 bits per heavy atom. The van der Waals surface area contributed by atoms with Crippen molar-refractivity contribution in [3.8, 4) is 0 Å². The second kappa shape index (κ2) is 7.97. The van der Waals surface area contributed by atoms with Crippen molar-refractivity contribution in [2.75, 3.05) is 0 Å². The molecule has 9 nitrogen and oxygen atoms in total. The maximum atomic E-state index is 13.7. The van der Waals surface area contributed by atoms with E-state index in [1.807, 2.05) is 6.92 Å². The number of rotatable bonds is 3. The Balaban J connectivity index is 1.39. The summed E-state index contributed by atoms with van der Waals surface area (Å²) in [5, 5.41) is 39.7. The van der Waals surface area contributed by atoms with E-state index in [9.17, 15) is 34.8 Å². The molecule has 4 saturated carbocycles. The van der Waals surface area contributed by atoms with E-state index in [2.05, 4.69) is 13.8 Å². The minimum atomic E-state index is -1.84. The van der Waals surface area contributed by atoms with Gasteiger partial charge in [-0.1, -0.05) is 20.3 Å². The van der Waals surface area contributed by atoms with Crippen LogP contribution in [0.15, 0.2) is 0 Å². The zero-order chi connectivity index (χ0) is 25.6. The fraction of sp³-hybridized carbons (Fsp3) is 0.885. The minimum absolute atomic E-state index is 0.00905. The smallest absolute Gasteiger partial charge is 0.335 e. The van der Waals surface area contributed by atoms with Gasteiger partial charge in [-0.15, -0.1) is 0 Å². The molecule has 5 fully saturated rings. The van der Waals surface area contributed by atoms with E-state index >= 15 is 0 Å². The summed E-state index contributed by atoms with van der Waals surface area (Å²) in [6, 6.07) is 0. The first kappa shape index (κ1) is 25.1. The molecular weight excluding hydrogens is 456 g/mol. The number of fused-ring (bicyclic) bond motifs is 3. The average Bonchev–Trinajstić information content (AvgIpc) is 2.96. The lowest BCUT2D eigenvalue weighted by atomic mass is 9.40. The second-order valence-corrected chi connectivity index (χ2v) is 12.8. The van der Waals surface area contributed by atoms with Crippen molar-refractivity contribution < 1.29 is 44.3 Å². The van der Waals surface area contributed by atoms with Crippen LogP contribution < -0.4 is 0 Å². The van der Waals surface area contributed by atoms with Crippen LogP contribution in [-0.4, -0.2) is 68.9 Å². The first-order valence-corrected chi connectivity index (χ1v) is 12.9. The lowest BCUT2D eigenvalue weighted by molar-refractivity contribution is -0.292. The zero-order valence-electron chi connectivity index (χ0n) is 20.7. The number of carboxylic acids is 1. The van der Waals surface area contributed by atoms with Crippen molar-refractivity contribution in [1.82, 2.24) is 0 Å². The molecule has 196 valence electrons. The fourth-order valence-electron chi connectivity index (χ4n) is 9.14. The van der Waals surface area contributed by atoms with Gasteiger partial charge in [-0.3, -0.25) is 9.59 Å². The number of esters is 1. The Morgan fingerprint density at radius 2 is 1.63 bits per heavy atom. The van der Waals surface area contributed by atoms with Crippen LogP contribution in [0.2, 0.25) is 0 Å². The summed E-state index contributed by atoms with van der Waals surface area (Å²) >= 11 is 0. The highest BCUT2D eigenvalue weighted by molar-refractivity contribution is 5.88. The van der Waals surface area contributed by atoms with Gasteiger partial charge in [0.2, 0.25) is 6.29 Å². The van der Waals surface area contributed by atoms with Crippen LogP contribution in [0.5, 0.6) is 0 Å². The predicted molar refractivity (Wildman–Crippen MR) is 121 cm³/mol. The Morgan fingerprint density at radius 3 is 2.31 bits per heavy atom. The molecule has 0 radical (unpaired) electrons. The standard InChI is InChI=1S/C26H38O9/c1-23-9-5-14-24(2)7-4-8-25(3,13(24)6-10-26(14,12-23)11-15(23)27)22(33)35-21-18(30)16(28)17(29)19(34-21)20(31)32/h13-14,16-19,21,28-30H,4-12H2,1-3H3,(H,31,32)/t13-,14-,16?,17-,18?,19-,21-,23?,24+,25+,26-/m0/s1. The van der Waals surface area contributed by atoms with Crippen LogP contribution in [0.3, 0.4) is 0 Å². The summed E-state index contributed by atoms with van der Waals surface area (Å²) in [5.41, 5.74) is -1.21. The van der Waals surface area contributed by atoms with Gasteiger partial charge in [0.05, 0.1) is 5.41 Å². The number of Topliss-reactive ketones (excluding diaryl/α,β-unsaturated/α-hetero) is 1. The number of ketones is 1. The summed E-state index contributed by atoms with van der Waals surface area (Å²) < 4.78 is 10.8. The Bertz CT molecular complexity index is 936. The highest BCUT2D eigenvalue weighted by Crippen LogP contribution is 2.73. The molecule has 2 bridgehead atoms. The van der Waals surface area contributed by atoms with Gasteiger partial charge in [0.25, 0.3) is 0 Å². The molecule has 5 aliphatic rings. The fourth-order valence-corrected chi connectivity index (χ4v) is 9.14. The lowest BCUT2D eigenvalue weighted by Gasteiger charge is -2.64. The van der Waals surface area contributed by atoms with Gasteiger partial charge in [-0.05, 0) is 74.5 Å². The number of carbonyl (C=O) groups excluding carboxylic acids is 2. The maximum absolute atomic E-state index is 13.7. The van der Waals surface area contributed by atoms with Crippen LogP contribution in [-0.2, 0) is 23.9 Å². The predicted octanol–water partition coefficient (Wildman–Crippen LogP) is 1.79. The quantitative estimate of drug-likeness (QED) is 0.431. The third-order valence-electron chi connectivity index (χ3n) is 10.9. The molecule has 0 aromatic rings. The summed E-state index contributed by atoms with van der Waals surface area (Å²) in [6.45, 7) is 6.27. The SMILES string of the molecule is CC12CC[C@@H]3[C@@](CC[C@H]4[C@@]3(C)CCC[C@@]4(C)C(=O)O[C@@H]3O[C@H](C(=O)O)[C@@H](O)C(O)C3O)(CC1=O)C2. The van der Waals surface area contributed by atoms with E-state index < -0.39 is 48.1 Å². The van der Waals surface area contributed by atoms with Gasteiger partial charge in [-0.25, -0.2) is 4.79 Å². The number of hydrogen-bond acceptors (Lipinski definition) is 8. The number of aliphatic hydroxyl groups excluding tert-OH is 3. The third-order valence-corrected chi connectivity index (χ3v) is 10.9. The molecular formula is C26H38O9. The van der Waals surface area contributed by atoms with Crippen molar-refractivity contribution >= 4 is 17.7 Å². The highest BCUT2D eigenvalue weighted by Gasteiger charge is 2.68. The van der Waals surface area contributed by atoms with Gasteiger partial charge >= 0.3 is 11.9 Å². The van der Waals surface area contributed by atoms with Gasteiger partial charge in [-0.2, -0.15) is 0 Å². The molecule has 1 saturated heterocycles. The molecule has 35 heavy (non-hydrogen) atoms. The van der Waals surface area contributed by atoms with Gasteiger partial charge in [0.15, 0.2) is 6.10 Å². The molecule has 0 amide bonds. The van der Waals surface area contributed by atoms with E-state index in [1.54, 1.807) is 0 Å². The first-order chi connectivity index (χ1) is 16.3. The molecule has 4 aliphatic carbocycles. The van der Waals surface area contributed by atoms with E-state index in [0.29, 0.717) is 24.5 Å². The van der Waals surface area contributed by atoms with E-state index in [0.717, 1.165) is 44.9 Å². The number of carboxylic acid groups (broad SMARTS) is 1. The summed E-state index contributed by atoms with van der Waals surface area (Å²) in [7, 11) is 0. The normalized spacial score (nSPS) is 53.4. The molecule has 1 aliphatic heterocycles. The number of hydrogen-bond donors (Lipinski definition) is 4. The largest absolute Gasteiger partial charge is 0.479 e. The molecule has 5 rings (SSSR count). The molecule has 11 atom stereocenters. The minimum Gasteiger partial charge on any atom is -0.479 e. The van der Waals surface area contributed by atoms with Gasteiger partial charge in [0.1, 0.15) is 24.1 Å². The average molecular weight is 495 g/mol. The van der Waals surface area contributed by atoms with E-state index in [-0.39, 0.29) is 22.2 Å². The number of ether oxygens (including phenoxy) is 2. The number of carbonyl (C=O) groups is 3. The summed E-state index contributed by atoms with van der Waals surface area (Å²) in [4.78, 5) is 38.0. The molecule has 4 N–H and O–H groups in total. The van der Waals surface area contributed by atoms with Gasteiger partial charge in [0, 0.05) is 11.8 Å². The lowest BCUT2D eigenvalue weighted by Crippen LogP contribution is -2.62. The molecule has 3 unspecified atom stereocenters. The molecule has 1 heterocycles. The summed E-state index contributed by atoms with van der Waals surface area (Å²) in [6.07, 6.45) is -1.40. The summed E-state index contributed by atoms with van der Waals surface area (Å²) in [5.74, 6) is -1.35. The zero-order valence-corrected chi connectivity index (χ0v) is 20.7. The number of aliphatic hydroxyl groups is 3. The second-order valence-electron chi connectivity index (χ2n) is 12.8. The van der Waals surface area contributed by atoms with Crippen molar-refractivity contribution in [1.29, 1.82) is 0 Å². The van der Waals surface area contributed by atoms with Crippen LogP contribution in [0, 0.1) is 33.5 Å². The monoisotopic (exact) mass is 494 g/mol. The third kappa shape index (κ3) is 3.45. The first-order valence-electron chi connectivity index (χ1n) is 12.9. The van der Waals surface area contributed by atoms with E-state index in [4.69, 9.17) is 9.47 Å². The molecule has 0 aromatic heterocycles. The van der Waals surface area contributed by atoms with Crippen LogP contribution >= 0.6 is 0 Å². The van der Waals surface area contributed by atoms with Crippen molar-refractivity contribution in [2.45, 2.75) is 109 Å². The Kier molecular flexibility index (Phi) is 5.72. The van der Waals surface area contributed by atoms with Crippen LogP contribution in [0.1, 0.15) is 78.6 Å². The van der Waals surface area contributed by atoms with Crippen molar-refractivity contribution in [2.24, 2.45) is 33.5 Å². The molecule has 9 heteroatoms. The van der Waals surface area contributed by atoms with Crippen LogP contribution in [0.4, 0.5) is 0 Å². The number of aliphatic carboxylic acids is 1. The topological polar surface area (TPSA) is 151 Å². The Labute approximate surface area is 205 Å². The van der Waals surface area contributed by atoms with Gasteiger partial charge < -0.3 is 29.9 Å².